The number of hydrogen-bond acceptors (Lipinski definition) is 4. The predicted molar refractivity (Wildman–Crippen MR) is 70.4 cm³/mol. The molecule has 1 aromatic heterocycles. The molecule has 1 aliphatic rings. The lowest BCUT2D eigenvalue weighted by Crippen LogP contribution is -2.39. The molecule has 1 N–H and O–H groups in total. The third-order valence-electron chi connectivity index (χ3n) is 3.37. The summed E-state index contributed by atoms with van der Waals surface area (Å²) in [5, 5.41) is 0. The first-order valence-electron chi connectivity index (χ1n) is 6.22. The predicted octanol–water partition coefficient (Wildman–Crippen LogP) is 0.422. The maximum Gasteiger partial charge on any atom is 0.247 e. The molecule has 2 heterocycles. The molecule has 0 atom stereocenters. The van der Waals surface area contributed by atoms with Crippen molar-refractivity contribution >= 4 is 10.0 Å². The average Bonchev–Trinajstić information content (AvgIpc) is 2.40. The van der Waals surface area contributed by atoms with Crippen molar-refractivity contribution in [3.05, 3.63) is 28.7 Å². The molecule has 0 aromatic carbocycles. The van der Waals surface area contributed by atoms with Crippen LogP contribution >= 0.6 is 0 Å². The number of aromatic amines is 1. The summed E-state index contributed by atoms with van der Waals surface area (Å²) >= 11 is 0. The summed E-state index contributed by atoms with van der Waals surface area (Å²) in [6, 6.07) is 2.57. The number of pyridine rings is 1. The van der Waals surface area contributed by atoms with Crippen LogP contribution in [-0.2, 0) is 14.8 Å². The van der Waals surface area contributed by atoms with Crippen LogP contribution in [0.4, 0.5) is 0 Å². The Morgan fingerprint density at radius 3 is 2.58 bits per heavy atom. The van der Waals surface area contributed by atoms with Gasteiger partial charge in [0.25, 0.3) is 0 Å². The van der Waals surface area contributed by atoms with E-state index < -0.39 is 10.0 Å². The van der Waals surface area contributed by atoms with E-state index >= 15 is 0 Å². The molecule has 2 rings (SSSR count). The molecular formula is C12H18N2O4S. The Bertz CT molecular complexity index is 553. The van der Waals surface area contributed by atoms with Crippen LogP contribution in [0.1, 0.15) is 12.8 Å². The van der Waals surface area contributed by atoms with Gasteiger partial charge < -0.3 is 9.72 Å². The zero-order valence-electron chi connectivity index (χ0n) is 10.8. The Morgan fingerprint density at radius 1 is 1.37 bits per heavy atom. The number of H-pyrrole nitrogens is 1. The van der Waals surface area contributed by atoms with E-state index in [1.165, 1.54) is 22.6 Å². The highest BCUT2D eigenvalue weighted by Crippen LogP contribution is 2.23. The standard InChI is InChI=1S/C12H18N2O4S/c1-18-9-10-4-6-14(7-5-10)19(16,17)11-2-3-12(15)13-8-11/h2-3,8,10H,4-7,9H2,1H3,(H,13,15). The first kappa shape index (κ1) is 14.2. The molecule has 0 aliphatic carbocycles. The number of nitrogens with zero attached hydrogens (tertiary/aromatic N) is 1. The van der Waals surface area contributed by atoms with E-state index in [9.17, 15) is 13.2 Å². The van der Waals surface area contributed by atoms with Gasteiger partial charge in [0.15, 0.2) is 0 Å². The SMILES string of the molecule is COCC1CCN(S(=O)(=O)c2ccc(=O)[nH]c2)CC1. The Balaban J connectivity index is 2.09. The molecule has 0 bridgehead atoms. The van der Waals surface area contributed by atoms with E-state index in [4.69, 9.17) is 4.74 Å². The zero-order chi connectivity index (χ0) is 13.9. The van der Waals surface area contributed by atoms with Crippen LogP contribution in [0.5, 0.6) is 0 Å². The van der Waals surface area contributed by atoms with Crippen molar-refractivity contribution in [2.45, 2.75) is 17.7 Å². The van der Waals surface area contributed by atoms with Crippen molar-refractivity contribution in [3.8, 4) is 0 Å². The largest absolute Gasteiger partial charge is 0.384 e. The second-order valence-electron chi connectivity index (χ2n) is 4.69. The van der Waals surface area contributed by atoms with Gasteiger partial charge in [-0.1, -0.05) is 0 Å². The summed E-state index contributed by atoms with van der Waals surface area (Å²) in [7, 11) is -1.84. The Hall–Kier alpha value is -1.18. The molecule has 6 nitrogen and oxygen atoms in total. The molecule has 0 radical (unpaired) electrons. The van der Waals surface area contributed by atoms with Crippen LogP contribution in [0.3, 0.4) is 0 Å². The summed E-state index contributed by atoms with van der Waals surface area (Å²) < 4.78 is 31.2. The zero-order valence-corrected chi connectivity index (χ0v) is 11.6. The molecule has 7 heteroatoms. The van der Waals surface area contributed by atoms with Crippen molar-refractivity contribution in [2.75, 3.05) is 26.8 Å². The smallest absolute Gasteiger partial charge is 0.247 e. The van der Waals surface area contributed by atoms with Crippen LogP contribution in [-0.4, -0.2) is 44.5 Å². The van der Waals surface area contributed by atoms with Crippen molar-refractivity contribution in [1.82, 2.24) is 9.29 Å². The van der Waals surface area contributed by atoms with Gasteiger partial charge in [-0.25, -0.2) is 8.42 Å². The van der Waals surface area contributed by atoms with Gasteiger partial charge in [-0.2, -0.15) is 4.31 Å². The van der Waals surface area contributed by atoms with Crippen molar-refractivity contribution in [3.63, 3.8) is 0 Å². The molecule has 0 saturated carbocycles. The molecule has 1 fully saturated rings. The van der Waals surface area contributed by atoms with Gasteiger partial charge in [-0.15, -0.1) is 0 Å². The fraction of sp³-hybridized carbons (Fsp3) is 0.583. The maximum atomic E-state index is 12.3. The highest BCUT2D eigenvalue weighted by Gasteiger charge is 2.29. The van der Waals surface area contributed by atoms with Gasteiger partial charge in [0.1, 0.15) is 0 Å². The third kappa shape index (κ3) is 3.23. The lowest BCUT2D eigenvalue weighted by Gasteiger charge is -2.30. The fourth-order valence-corrected chi connectivity index (χ4v) is 3.70. The lowest BCUT2D eigenvalue weighted by atomic mass is 9.99. The quantitative estimate of drug-likeness (QED) is 0.870. The number of aromatic nitrogens is 1. The van der Waals surface area contributed by atoms with Gasteiger partial charge >= 0.3 is 0 Å². The second kappa shape index (κ2) is 5.85. The number of nitrogens with one attached hydrogen (secondary N) is 1. The molecule has 19 heavy (non-hydrogen) atoms. The van der Waals surface area contributed by atoms with Crippen LogP contribution < -0.4 is 5.56 Å². The van der Waals surface area contributed by atoms with Gasteiger partial charge in [-0.05, 0) is 24.8 Å². The highest BCUT2D eigenvalue weighted by atomic mass is 32.2. The topological polar surface area (TPSA) is 79.5 Å². The molecule has 1 aromatic rings. The molecule has 1 saturated heterocycles. The molecule has 0 spiro atoms. The van der Waals surface area contributed by atoms with E-state index in [0.29, 0.717) is 25.6 Å². The number of hydrogen-bond donors (Lipinski definition) is 1. The first-order chi connectivity index (χ1) is 9.04. The summed E-state index contributed by atoms with van der Waals surface area (Å²) in [5.74, 6) is 0.423. The Morgan fingerprint density at radius 2 is 2.05 bits per heavy atom. The third-order valence-corrected chi connectivity index (χ3v) is 5.26. The highest BCUT2D eigenvalue weighted by molar-refractivity contribution is 7.89. The first-order valence-corrected chi connectivity index (χ1v) is 7.66. The van der Waals surface area contributed by atoms with Crippen molar-refractivity contribution < 1.29 is 13.2 Å². The average molecular weight is 286 g/mol. The molecule has 0 amide bonds. The van der Waals surface area contributed by atoms with Gasteiger partial charge in [0.2, 0.25) is 15.6 Å². The van der Waals surface area contributed by atoms with Crippen LogP contribution in [0.25, 0.3) is 0 Å². The maximum absolute atomic E-state index is 12.3. The van der Waals surface area contributed by atoms with Crippen LogP contribution in [0.2, 0.25) is 0 Å². The normalized spacial score (nSPS) is 18.6. The number of sulfonamides is 1. The van der Waals surface area contributed by atoms with E-state index in [0.717, 1.165) is 12.8 Å². The summed E-state index contributed by atoms with van der Waals surface area (Å²) in [6.07, 6.45) is 2.85. The number of piperidine rings is 1. The number of methoxy groups -OCH3 is 1. The summed E-state index contributed by atoms with van der Waals surface area (Å²) in [5.41, 5.74) is -0.308. The van der Waals surface area contributed by atoms with E-state index in [1.807, 2.05) is 0 Å². The fourth-order valence-electron chi connectivity index (χ4n) is 2.26. The van der Waals surface area contributed by atoms with Crippen molar-refractivity contribution in [1.29, 1.82) is 0 Å². The minimum absolute atomic E-state index is 0.136. The van der Waals surface area contributed by atoms with Gasteiger partial charge in [-0.3, -0.25) is 4.79 Å². The van der Waals surface area contributed by atoms with Crippen LogP contribution in [0, 0.1) is 5.92 Å². The molecule has 1 aliphatic heterocycles. The molecular weight excluding hydrogens is 268 g/mol. The monoisotopic (exact) mass is 286 g/mol. The van der Waals surface area contributed by atoms with Crippen molar-refractivity contribution in [2.24, 2.45) is 5.92 Å². The second-order valence-corrected chi connectivity index (χ2v) is 6.63. The van der Waals surface area contributed by atoms with Crippen LogP contribution in [0.15, 0.2) is 28.0 Å². The van der Waals surface area contributed by atoms with E-state index in [1.54, 1.807) is 7.11 Å². The minimum atomic E-state index is -3.49. The molecule has 0 unspecified atom stereocenters. The molecule has 106 valence electrons. The number of rotatable bonds is 4. The Labute approximate surface area is 112 Å². The lowest BCUT2D eigenvalue weighted by molar-refractivity contribution is 0.121. The van der Waals surface area contributed by atoms with Gasteiger partial charge in [0.05, 0.1) is 4.90 Å². The summed E-state index contributed by atoms with van der Waals surface area (Å²) in [4.78, 5) is 13.5. The van der Waals surface area contributed by atoms with E-state index in [2.05, 4.69) is 4.98 Å². The van der Waals surface area contributed by atoms with E-state index in [-0.39, 0.29) is 10.5 Å². The summed E-state index contributed by atoms with van der Waals surface area (Å²) in [6.45, 7) is 1.66. The Kier molecular flexibility index (Phi) is 4.38. The minimum Gasteiger partial charge on any atom is -0.384 e. The van der Waals surface area contributed by atoms with Gasteiger partial charge in [0, 0.05) is 39.1 Å². The number of ether oxygens (including phenoxy) is 1.